The third kappa shape index (κ3) is 4.55. The number of fused-ring (bicyclic) bond motifs is 1. The van der Waals surface area contributed by atoms with Crippen LogP contribution in [0.4, 0.5) is 19.0 Å². The van der Waals surface area contributed by atoms with E-state index in [4.69, 9.17) is 5.73 Å². The lowest BCUT2D eigenvalue weighted by molar-refractivity contribution is -0.137. The van der Waals surface area contributed by atoms with Crippen LogP contribution >= 0.6 is 11.3 Å². The predicted octanol–water partition coefficient (Wildman–Crippen LogP) is 6.20. The van der Waals surface area contributed by atoms with E-state index in [0.29, 0.717) is 16.9 Å². The number of nitrogens with zero attached hydrogens (tertiary/aromatic N) is 2. The average Bonchev–Trinajstić information content (AvgIpc) is 3.17. The Morgan fingerprint density at radius 2 is 1.88 bits per heavy atom. The number of aromatic nitrogens is 2. The van der Waals surface area contributed by atoms with Gasteiger partial charge in [0.15, 0.2) is 5.78 Å². The fourth-order valence-electron chi connectivity index (χ4n) is 3.32. The van der Waals surface area contributed by atoms with Crippen molar-refractivity contribution in [3.05, 3.63) is 87.6 Å². The second-order valence-corrected chi connectivity index (χ2v) is 8.21. The molecular formula is C24H18F3N3OS. The Kier molecular flexibility index (Phi) is 5.80. The van der Waals surface area contributed by atoms with Crippen LogP contribution in [-0.2, 0) is 12.6 Å². The highest BCUT2D eigenvalue weighted by atomic mass is 32.1. The summed E-state index contributed by atoms with van der Waals surface area (Å²) in [5.41, 5.74) is 9.33. The second kappa shape index (κ2) is 8.55. The molecule has 4 aromatic rings. The molecule has 0 atom stereocenters. The van der Waals surface area contributed by atoms with E-state index < -0.39 is 11.7 Å². The van der Waals surface area contributed by atoms with Gasteiger partial charge in [-0.2, -0.15) is 13.2 Å². The highest BCUT2D eigenvalue weighted by Gasteiger charge is 2.30. The Hall–Kier alpha value is -3.52. The van der Waals surface area contributed by atoms with Crippen LogP contribution in [0, 0.1) is 6.92 Å². The van der Waals surface area contributed by atoms with Crippen LogP contribution in [0.1, 0.15) is 38.2 Å². The maximum Gasteiger partial charge on any atom is 0.416 e. The van der Waals surface area contributed by atoms with Gasteiger partial charge in [-0.05, 0) is 35.7 Å². The molecule has 0 amide bonds. The molecule has 2 N–H and O–H groups in total. The van der Waals surface area contributed by atoms with E-state index in [0.717, 1.165) is 39.0 Å². The molecule has 0 unspecified atom stereocenters. The number of nitrogen functional groups attached to an aromatic ring is 1. The van der Waals surface area contributed by atoms with Crippen molar-refractivity contribution in [3.8, 4) is 0 Å². The van der Waals surface area contributed by atoms with Gasteiger partial charge in [0.1, 0.15) is 12.1 Å². The van der Waals surface area contributed by atoms with Crippen molar-refractivity contribution in [2.24, 2.45) is 0 Å². The Morgan fingerprint density at radius 1 is 1.09 bits per heavy atom. The molecule has 0 bridgehead atoms. The van der Waals surface area contributed by atoms with Crippen LogP contribution in [0.25, 0.3) is 22.4 Å². The number of Topliss-reactive ketones (excluding diaryl/α,β-unsaturated/α-hetero) is 1. The molecule has 0 spiro atoms. The van der Waals surface area contributed by atoms with Gasteiger partial charge in [0, 0.05) is 22.9 Å². The van der Waals surface area contributed by atoms with Crippen molar-refractivity contribution in [1.29, 1.82) is 0 Å². The summed E-state index contributed by atoms with van der Waals surface area (Å²) in [4.78, 5) is 21.0. The summed E-state index contributed by atoms with van der Waals surface area (Å²) in [5, 5.41) is 1.93. The lowest BCUT2D eigenvalue weighted by Crippen LogP contribution is -2.08. The number of ketones is 1. The third-order valence-electron chi connectivity index (χ3n) is 5.07. The number of carbonyl (C=O) groups excluding carboxylic acids is 1. The number of carbonyl (C=O) groups is 1. The smallest absolute Gasteiger partial charge is 0.382 e. The van der Waals surface area contributed by atoms with E-state index in [1.165, 1.54) is 29.8 Å². The third-order valence-corrected chi connectivity index (χ3v) is 6.08. The molecule has 4 rings (SSSR count). The minimum Gasteiger partial charge on any atom is -0.382 e. The first-order valence-electron chi connectivity index (χ1n) is 9.68. The zero-order valence-electron chi connectivity index (χ0n) is 17.0. The van der Waals surface area contributed by atoms with Gasteiger partial charge >= 0.3 is 6.18 Å². The van der Waals surface area contributed by atoms with Crippen molar-refractivity contribution < 1.29 is 18.0 Å². The average molecular weight is 453 g/mol. The summed E-state index contributed by atoms with van der Waals surface area (Å²) in [6.07, 6.45) is 0.648. The largest absolute Gasteiger partial charge is 0.416 e. The van der Waals surface area contributed by atoms with E-state index >= 15 is 0 Å². The Bertz CT molecular complexity index is 1340. The van der Waals surface area contributed by atoms with Crippen LogP contribution in [0.5, 0.6) is 0 Å². The van der Waals surface area contributed by atoms with E-state index in [1.807, 2.05) is 30.5 Å². The van der Waals surface area contributed by atoms with Gasteiger partial charge in [-0.25, -0.2) is 9.97 Å². The lowest BCUT2D eigenvalue weighted by Gasteiger charge is -2.09. The summed E-state index contributed by atoms with van der Waals surface area (Å²) in [6.45, 7) is 1.92. The van der Waals surface area contributed by atoms with Gasteiger partial charge in [-0.3, -0.25) is 4.79 Å². The first-order chi connectivity index (χ1) is 15.2. The number of rotatable bonds is 5. The van der Waals surface area contributed by atoms with E-state index in [2.05, 4.69) is 9.97 Å². The number of alkyl halides is 3. The minimum absolute atomic E-state index is 0.110. The fourth-order valence-corrected chi connectivity index (χ4v) is 4.21. The van der Waals surface area contributed by atoms with Gasteiger partial charge in [-0.15, -0.1) is 11.3 Å². The molecule has 162 valence electrons. The first-order valence-corrected chi connectivity index (χ1v) is 10.6. The summed E-state index contributed by atoms with van der Waals surface area (Å²) >= 11 is 1.46. The number of aryl methyl sites for hydroxylation is 1. The molecule has 0 aliphatic rings. The van der Waals surface area contributed by atoms with Crippen molar-refractivity contribution in [2.45, 2.75) is 19.5 Å². The fraction of sp³-hybridized carbons (Fsp3) is 0.125. The van der Waals surface area contributed by atoms with Gasteiger partial charge < -0.3 is 5.73 Å². The maximum atomic E-state index is 12.9. The molecule has 2 aromatic carbocycles. The Labute approximate surface area is 186 Å². The van der Waals surface area contributed by atoms with Crippen molar-refractivity contribution in [3.63, 3.8) is 0 Å². The minimum atomic E-state index is -4.44. The van der Waals surface area contributed by atoms with Gasteiger partial charge in [0.25, 0.3) is 0 Å². The number of nitrogens with two attached hydrogens (primary N) is 1. The van der Waals surface area contributed by atoms with Crippen LogP contribution in [-0.4, -0.2) is 15.8 Å². The molecule has 0 fully saturated rings. The highest BCUT2D eigenvalue weighted by molar-refractivity contribution is 7.18. The monoisotopic (exact) mass is 453 g/mol. The standard InChI is InChI=1S/C24H18F3N3OS/c1-14-5-6-17(20(31)10-15-3-2-4-19(9-15)24(25,26)27)11-16(14)7-8-18-12-32-22-21(18)29-13-30-23(22)28/h2-9,11-13H,10H2,1H3,(H2,28,29,30)/b8-7+. The molecule has 4 nitrogen and oxygen atoms in total. The number of hydrogen-bond acceptors (Lipinski definition) is 5. The van der Waals surface area contributed by atoms with Crippen molar-refractivity contribution >= 4 is 45.3 Å². The number of hydrogen-bond donors (Lipinski definition) is 1. The van der Waals surface area contributed by atoms with Crippen LogP contribution in [0.15, 0.2) is 54.2 Å². The lowest BCUT2D eigenvalue weighted by atomic mass is 9.97. The first kappa shape index (κ1) is 21.7. The Balaban J connectivity index is 1.58. The van der Waals surface area contributed by atoms with Crippen molar-refractivity contribution in [2.75, 3.05) is 5.73 Å². The van der Waals surface area contributed by atoms with E-state index in [1.54, 1.807) is 12.1 Å². The number of thiophene rings is 1. The second-order valence-electron chi connectivity index (χ2n) is 7.33. The molecule has 0 saturated carbocycles. The highest BCUT2D eigenvalue weighted by Crippen LogP contribution is 2.30. The molecule has 0 radical (unpaired) electrons. The van der Waals surface area contributed by atoms with E-state index in [9.17, 15) is 18.0 Å². The molecule has 0 saturated heterocycles. The quantitative estimate of drug-likeness (QED) is 0.366. The maximum absolute atomic E-state index is 12.9. The molecule has 0 aliphatic carbocycles. The molecular weight excluding hydrogens is 435 g/mol. The molecule has 32 heavy (non-hydrogen) atoms. The molecule has 2 aromatic heterocycles. The van der Waals surface area contributed by atoms with Gasteiger partial charge in [-0.1, -0.05) is 42.5 Å². The van der Waals surface area contributed by atoms with Crippen LogP contribution < -0.4 is 5.73 Å². The zero-order chi connectivity index (χ0) is 22.9. The van der Waals surface area contributed by atoms with Gasteiger partial charge in [0.2, 0.25) is 0 Å². The number of halogens is 3. The van der Waals surface area contributed by atoms with Crippen LogP contribution in [0.3, 0.4) is 0 Å². The SMILES string of the molecule is Cc1ccc(C(=O)Cc2cccc(C(F)(F)F)c2)cc1/C=C/c1csc2c(N)ncnc12. The predicted molar refractivity (Wildman–Crippen MR) is 121 cm³/mol. The topological polar surface area (TPSA) is 68.9 Å². The number of benzene rings is 2. The van der Waals surface area contributed by atoms with E-state index in [-0.39, 0.29) is 12.2 Å². The summed E-state index contributed by atoms with van der Waals surface area (Å²) < 4.78 is 39.6. The molecule has 0 aliphatic heterocycles. The molecule has 8 heteroatoms. The summed E-state index contributed by atoms with van der Waals surface area (Å²) in [5.74, 6) is 0.179. The summed E-state index contributed by atoms with van der Waals surface area (Å²) in [6, 6.07) is 10.1. The zero-order valence-corrected chi connectivity index (χ0v) is 17.8. The Morgan fingerprint density at radius 3 is 2.66 bits per heavy atom. The van der Waals surface area contributed by atoms with Crippen molar-refractivity contribution in [1.82, 2.24) is 9.97 Å². The number of anilines is 1. The summed E-state index contributed by atoms with van der Waals surface area (Å²) in [7, 11) is 0. The van der Waals surface area contributed by atoms with Gasteiger partial charge in [0.05, 0.1) is 15.8 Å². The van der Waals surface area contributed by atoms with Crippen LogP contribution in [0.2, 0.25) is 0 Å². The normalized spacial score (nSPS) is 12.0. The molecule has 2 heterocycles.